The van der Waals surface area contributed by atoms with Gasteiger partial charge in [0.1, 0.15) is 10.6 Å². The topological polar surface area (TPSA) is 80.8 Å². The molecule has 0 N–H and O–H groups in total. The molecule has 0 aliphatic carbocycles. The number of nitrogens with zero attached hydrogens (tertiary/aromatic N) is 1. The van der Waals surface area contributed by atoms with E-state index in [0.29, 0.717) is 19.0 Å². The van der Waals surface area contributed by atoms with Crippen LogP contribution in [0.25, 0.3) is 10.8 Å². The Hall–Kier alpha value is -2.10. The van der Waals surface area contributed by atoms with Gasteiger partial charge in [0.05, 0.1) is 17.2 Å². The monoisotopic (exact) mass is 467 g/mol. The summed E-state index contributed by atoms with van der Waals surface area (Å²) in [4.78, 5) is -0.237. The van der Waals surface area contributed by atoms with E-state index in [2.05, 4.69) is 15.9 Å². The second-order valence-corrected chi connectivity index (χ2v) is 10.5. The molecule has 0 spiro atoms. The summed E-state index contributed by atoms with van der Waals surface area (Å²) in [6, 6.07) is 14.1. The van der Waals surface area contributed by atoms with Crippen molar-refractivity contribution >= 4 is 52.4 Å². The Morgan fingerprint density at radius 1 is 1.07 bits per heavy atom. The van der Waals surface area contributed by atoms with Crippen LogP contribution < -0.4 is 8.45 Å². The minimum atomic E-state index is -4.45. The Labute approximate surface area is 165 Å². The van der Waals surface area contributed by atoms with Crippen molar-refractivity contribution in [2.24, 2.45) is 0 Å². The molecule has 4 rings (SSSR count). The van der Waals surface area contributed by atoms with Crippen molar-refractivity contribution in [3.05, 3.63) is 59.1 Å². The molecule has 3 aromatic rings. The summed E-state index contributed by atoms with van der Waals surface area (Å²) in [6.45, 7) is 1.97. The average Bonchev–Trinajstić information content (AvgIpc) is 2.86. The van der Waals surface area contributed by atoms with E-state index in [9.17, 15) is 16.8 Å². The minimum Gasteiger partial charge on any atom is -0.492 e. The summed E-state index contributed by atoms with van der Waals surface area (Å²) in [5.74, 6) is 0.0963. The van der Waals surface area contributed by atoms with Gasteiger partial charge in [-0.15, -0.1) is 0 Å². The number of rotatable bonds is 4. The van der Waals surface area contributed by atoms with Crippen LogP contribution in [0.4, 0.5) is 5.69 Å². The molecule has 0 saturated heterocycles. The maximum absolute atomic E-state index is 13.5. The summed E-state index contributed by atoms with van der Waals surface area (Å²) >= 11 is 3.25. The largest absolute Gasteiger partial charge is 0.492 e. The lowest BCUT2D eigenvalue weighted by Crippen LogP contribution is -2.34. The lowest BCUT2D eigenvalue weighted by Gasteiger charge is -2.20. The first-order chi connectivity index (χ1) is 12.8. The molecular weight excluding hydrogens is 454 g/mol. The van der Waals surface area contributed by atoms with Gasteiger partial charge in [0.15, 0.2) is 0 Å². The fourth-order valence-corrected chi connectivity index (χ4v) is 7.77. The third-order valence-corrected chi connectivity index (χ3v) is 8.95. The first-order valence-electron chi connectivity index (χ1n) is 8.03. The van der Waals surface area contributed by atoms with Crippen LogP contribution in [0.15, 0.2) is 68.9 Å². The highest BCUT2D eigenvalue weighted by atomic mass is 79.9. The number of sulfonamides is 2. The molecule has 3 aromatic carbocycles. The van der Waals surface area contributed by atoms with Gasteiger partial charge >= 0.3 is 0 Å². The van der Waals surface area contributed by atoms with Crippen LogP contribution in [-0.2, 0) is 20.0 Å². The van der Waals surface area contributed by atoms with Crippen LogP contribution in [0.5, 0.6) is 5.75 Å². The van der Waals surface area contributed by atoms with Gasteiger partial charge in [-0.3, -0.25) is 0 Å². The van der Waals surface area contributed by atoms with E-state index in [4.69, 9.17) is 4.74 Å². The molecule has 0 amide bonds. The Kier molecular flexibility index (Phi) is 4.21. The molecule has 1 heterocycles. The second kappa shape index (κ2) is 6.22. The van der Waals surface area contributed by atoms with E-state index in [-0.39, 0.29) is 27.8 Å². The summed E-state index contributed by atoms with van der Waals surface area (Å²) in [5.41, 5.74) is 0.116. The van der Waals surface area contributed by atoms with E-state index < -0.39 is 20.0 Å². The number of hydrogen-bond donors (Lipinski definition) is 0. The second-order valence-electron chi connectivity index (χ2n) is 5.86. The van der Waals surface area contributed by atoms with Crippen LogP contribution in [0.2, 0.25) is 0 Å². The molecule has 0 fully saturated rings. The van der Waals surface area contributed by atoms with Crippen LogP contribution in [0.3, 0.4) is 0 Å². The molecule has 0 aromatic heterocycles. The van der Waals surface area contributed by atoms with Gasteiger partial charge in [-0.05, 0) is 42.6 Å². The van der Waals surface area contributed by atoms with E-state index in [1.54, 1.807) is 37.3 Å². The molecule has 0 unspecified atom stereocenters. The predicted octanol–water partition coefficient (Wildman–Crippen LogP) is 3.90. The van der Waals surface area contributed by atoms with Crippen LogP contribution in [-0.4, -0.2) is 23.4 Å². The molecule has 0 bridgehead atoms. The molecule has 0 saturated carbocycles. The molecule has 27 heavy (non-hydrogen) atoms. The van der Waals surface area contributed by atoms with Crippen molar-refractivity contribution in [2.75, 3.05) is 10.3 Å². The summed E-state index contributed by atoms with van der Waals surface area (Å²) < 4.78 is 59.6. The van der Waals surface area contributed by atoms with Crippen LogP contribution in [0.1, 0.15) is 6.92 Å². The molecule has 1 aliphatic heterocycles. The molecule has 6 nitrogen and oxygen atoms in total. The van der Waals surface area contributed by atoms with Gasteiger partial charge in [0, 0.05) is 9.86 Å². The molecule has 0 atom stereocenters. The van der Waals surface area contributed by atoms with E-state index in [1.165, 1.54) is 24.3 Å². The van der Waals surface area contributed by atoms with Crippen molar-refractivity contribution in [1.82, 2.24) is 0 Å². The van der Waals surface area contributed by atoms with Crippen LogP contribution in [0, 0.1) is 0 Å². The first kappa shape index (κ1) is 18.3. The maximum Gasteiger partial charge on any atom is 0.281 e. The summed E-state index contributed by atoms with van der Waals surface area (Å²) in [7, 11) is -8.72. The standard InChI is InChI=1S/C18H14BrNO5S2/c1-2-25-15-10-9-13(19)11-17(15)27(23,24)20-14-7-3-5-12-6-4-8-16(18(12)14)26(20,21)22/h3-11H,2H2,1H3. The van der Waals surface area contributed by atoms with Crippen molar-refractivity contribution in [3.8, 4) is 5.75 Å². The van der Waals surface area contributed by atoms with Gasteiger partial charge in [-0.2, -0.15) is 20.5 Å². The normalized spacial score (nSPS) is 15.3. The van der Waals surface area contributed by atoms with Gasteiger partial charge in [-0.1, -0.05) is 40.2 Å². The number of ether oxygens (including phenoxy) is 1. The lowest BCUT2D eigenvalue weighted by molar-refractivity contribution is 0.331. The maximum atomic E-state index is 13.5. The number of halogens is 1. The zero-order valence-corrected chi connectivity index (χ0v) is 17.3. The molecular formula is C18H14BrNO5S2. The van der Waals surface area contributed by atoms with E-state index in [0.717, 1.165) is 0 Å². The Balaban J connectivity index is 2.03. The Bertz CT molecular complexity index is 1280. The van der Waals surface area contributed by atoms with Crippen molar-refractivity contribution in [1.29, 1.82) is 0 Å². The predicted molar refractivity (Wildman–Crippen MR) is 106 cm³/mol. The van der Waals surface area contributed by atoms with Crippen molar-refractivity contribution in [2.45, 2.75) is 16.7 Å². The molecule has 9 heteroatoms. The fourth-order valence-electron chi connectivity index (χ4n) is 3.18. The summed E-state index contributed by atoms with van der Waals surface area (Å²) in [6.07, 6.45) is 0. The van der Waals surface area contributed by atoms with Crippen molar-refractivity contribution < 1.29 is 21.6 Å². The van der Waals surface area contributed by atoms with E-state index >= 15 is 0 Å². The number of benzene rings is 3. The smallest absolute Gasteiger partial charge is 0.281 e. The highest BCUT2D eigenvalue weighted by Crippen LogP contribution is 2.46. The highest BCUT2D eigenvalue weighted by Gasteiger charge is 2.45. The Morgan fingerprint density at radius 2 is 1.78 bits per heavy atom. The highest BCUT2D eigenvalue weighted by molar-refractivity contribution is 9.10. The fraction of sp³-hybridized carbons (Fsp3) is 0.111. The van der Waals surface area contributed by atoms with Crippen molar-refractivity contribution in [3.63, 3.8) is 0 Å². The van der Waals surface area contributed by atoms with Gasteiger partial charge in [0.2, 0.25) is 0 Å². The minimum absolute atomic E-state index is 0.0212. The quantitative estimate of drug-likeness (QED) is 0.580. The molecule has 1 aliphatic rings. The summed E-state index contributed by atoms with van der Waals surface area (Å²) in [5, 5.41) is 1.06. The zero-order valence-electron chi connectivity index (χ0n) is 14.1. The third-order valence-electron chi connectivity index (χ3n) is 4.24. The average molecular weight is 468 g/mol. The van der Waals surface area contributed by atoms with Gasteiger partial charge in [0.25, 0.3) is 20.0 Å². The SMILES string of the molecule is CCOc1ccc(Br)cc1S(=O)(=O)N1c2cccc3cccc(c23)S1(=O)=O. The zero-order chi connectivity index (χ0) is 19.4. The number of hydrogen-bond acceptors (Lipinski definition) is 5. The number of anilines is 1. The Morgan fingerprint density at radius 3 is 2.48 bits per heavy atom. The lowest BCUT2D eigenvalue weighted by atomic mass is 10.1. The van der Waals surface area contributed by atoms with Gasteiger partial charge < -0.3 is 4.74 Å². The molecule has 140 valence electrons. The van der Waals surface area contributed by atoms with E-state index in [1.807, 2.05) is 0 Å². The first-order valence-corrected chi connectivity index (χ1v) is 11.7. The molecule has 0 radical (unpaired) electrons. The van der Waals surface area contributed by atoms with Gasteiger partial charge in [-0.25, -0.2) is 0 Å². The third kappa shape index (κ3) is 2.64. The van der Waals surface area contributed by atoms with Crippen LogP contribution >= 0.6 is 15.9 Å².